The van der Waals surface area contributed by atoms with Crippen LogP contribution < -0.4 is 15.4 Å². The summed E-state index contributed by atoms with van der Waals surface area (Å²) < 4.78 is 19.1. The van der Waals surface area contributed by atoms with E-state index in [1.807, 2.05) is 26.1 Å². The molecule has 7 heteroatoms. The van der Waals surface area contributed by atoms with Gasteiger partial charge in [0.1, 0.15) is 0 Å². The van der Waals surface area contributed by atoms with Crippen LogP contribution in [0.15, 0.2) is 29.4 Å². The molecule has 2 aromatic rings. The van der Waals surface area contributed by atoms with Crippen LogP contribution in [0.4, 0.5) is 4.39 Å². The zero-order chi connectivity index (χ0) is 18.8. The predicted molar refractivity (Wildman–Crippen MR) is 106 cm³/mol. The number of aliphatic imine (C=N–C) groups is 1. The number of halogens is 1. The van der Waals surface area contributed by atoms with Crippen molar-refractivity contribution in [2.75, 3.05) is 19.7 Å². The molecular formula is C19H27FN4OS. The van der Waals surface area contributed by atoms with Crippen molar-refractivity contribution >= 4 is 17.3 Å². The van der Waals surface area contributed by atoms with E-state index in [2.05, 4.69) is 27.5 Å². The summed E-state index contributed by atoms with van der Waals surface area (Å²) in [4.78, 5) is 10.2. The topological polar surface area (TPSA) is 58.5 Å². The number of hydrogen-bond donors (Lipinski definition) is 2. The summed E-state index contributed by atoms with van der Waals surface area (Å²) >= 11 is 1.75. The van der Waals surface area contributed by atoms with Crippen molar-refractivity contribution in [2.24, 2.45) is 4.99 Å². The van der Waals surface area contributed by atoms with Crippen LogP contribution in [0, 0.1) is 5.82 Å². The van der Waals surface area contributed by atoms with Crippen molar-refractivity contribution in [2.45, 2.75) is 40.2 Å². The molecule has 5 nitrogen and oxygen atoms in total. The molecule has 0 unspecified atom stereocenters. The van der Waals surface area contributed by atoms with Crippen molar-refractivity contribution in [1.29, 1.82) is 0 Å². The highest BCUT2D eigenvalue weighted by molar-refractivity contribution is 7.11. The summed E-state index contributed by atoms with van der Waals surface area (Å²) in [5, 5.41) is 7.63. The van der Waals surface area contributed by atoms with Crippen LogP contribution in [0.3, 0.4) is 0 Å². The van der Waals surface area contributed by atoms with Crippen LogP contribution >= 0.6 is 11.3 Å². The number of thiazole rings is 1. The molecular weight excluding hydrogens is 351 g/mol. The van der Waals surface area contributed by atoms with E-state index in [9.17, 15) is 4.39 Å². The van der Waals surface area contributed by atoms with Gasteiger partial charge >= 0.3 is 0 Å². The molecule has 0 saturated heterocycles. The first-order chi connectivity index (χ1) is 12.7. The summed E-state index contributed by atoms with van der Waals surface area (Å²) in [5.74, 6) is 0.641. The van der Waals surface area contributed by atoms with E-state index in [1.165, 1.54) is 10.9 Å². The third kappa shape index (κ3) is 6.29. The lowest BCUT2D eigenvalue weighted by Crippen LogP contribution is -2.38. The zero-order valence-corrected chi connectivity index (χ0v) is 16.5. The van der Waals surface area contributed by atoms with Crippen LogP contribution in [0.1, 0.15) is 36.2 Å². The fraction of sp³-hybridized carbons (Fsp3) is 0.474. The maximum absolute atomic E-state index is 13.9. The van der Waals surface area contributed by atoms with Crippen molar-refractivity contribution in [3.63, 3.8) is 0 Å². The molecule has 0 saturated carbocycles. The van der Waals surface area contributed by atoms with E-state index in [4.69, 9.17) is 4.74 Å². The molecule has 142 valence electrons. The van der Waals surface area contributed by atoms with Gasteiger partial charge in [0, 0.05) is 30.6 Å². The van der Waals surface area contributed by atoms with Gasteiger partial charge in [0.15, 0.2) is 17.5 Å². The van der Waals surface area contributed by atoms with Gasteiger partial charge in [-0.3, -0.25) is 0 Å². The lowest BCUT2D eigenvalue weighted by Gasteiger charge is -2.11. The maximum Gasteiger partial charge on any atom is 0.191 e. The Balaban J connectivity index is 1.90. The molecule has 2 N–H and O–H groups in total. The first kappa shape index (κ1) is 20.2. The SMILES string of the molecule is CCNC(=NCc1ccc(OCC)c(F)c1)NCCc1ncc(CC)s1. The Morgan fingerprint density at radius 2 is 2.12 bits per heavy atom. The number of nitrogens with zero attached hydrogens (tertiary/aromatic N) is 2. The molecule has 1 aromatic carbocycles. The standard InChI is InChI=1S/C19H27FN4OS/c1-4-15-13-23-18(26-15)9-10-22-19(21-5-2)24-12-14-7-8-17(25-6-3)16(20)11-14/h7-8,11,13H,4-6,9-10,12H2,1-3H3,(H2,21,22,24). The van der Waals surface area contributed by atoms with Crippen LogP contribution in [0.25, 0.3) is 0 Å². The Morgan fingerprint density at radius 3 is 2.77 bits per heavy atom. The number of ether oxygens (including phenoxy) is 1. The Hall–Kier alpha value is -2.15. The second-order valence-electron chi connectivity index (χ2n) is 5.64. The quantitative estimate of drug-likeness (QED) is 0.518. The highest BCUT2D eigenvalue weighted by atomic mass is 32.1. The number of aromatic nitrogens is 1. The van der Waals surface area contributed by atoms with Gasteiger partial charge in [-0.1, -0.05) is 13.0 Å². The first-order valence-electron chi connectivity index (χ1n) is 9.03. The number of guanidine groups is 1. The fourth-order valence-electron chi connectivity index (χ4n) is 2.34. The molecule has 1 aromatic heterocycles. The normalized spacial score (nSPS) is 11.5. The number of nitrogens with one attached hydrogen (secondary N) is 2. The number of hydrogen-bond acceptors (Lipinski definition) is 4. The third-order valence-corrected chi connectivity index (χ3v) is 4.84. The second-order valence-corrected chi connectivity index (χ2v) is 6.84. The van der Waals surface area contributed by atoms with E-state index in [1.54, 1.807) is 17.4 Å². The molecule has 0 aliphatic carbocycles. The van der Waals surface area contributed by atoms with Gasteiger partial charge in [0.2, 0.25) is 0 Å². The summed E-state index contributed by atoms with van der Waals surface area (Å²) in [6.07, 6.45) is 3.82. The fourth-order valence-corrected chi connectivity index (χ4v) is 3.20. The van der Waals surface area contributed by atoms with Crippen LogP contribution in [-0.2, 0) is 19.4 Å². The molecule has 0 amide bonds. The van der Waals surface area contributed by atoms with Gasteiger partial charge in [-0.25, -0.2) is 14.4 Å². The molecule has 0 atom stereocenters. The lowest BCUT2D eigenvalue weighted by atomic mass is 10.2. The smallest absolute Gasteiger partial charge is 0.191 e. The summed E-state index contributed by atoms with van der Waals surface area (Å²) in [6, 6.07) is 4.96. The van der Waals surface area contributed by atoms with Crippen molar-refractivity contribution in [1.82, 2.24) is 15.6 Å². The highest BCUT2D eigenvalue weighted by Crippen LogP contribution is 2.18. The Morgan fingerprint density at radius 1 is 1.27 bits per heavy atom. The first-order valence-corrected chi connectivity index (χ1v) is 9.84. The van der Waals surface area contributed by atoms with E-state index in [-0.39, 0.29) is 11.6 Å². The van der Waals surface area contributed by atoms with Gasteiger partial charge in [-0.05, 0) is 38.0 Å². The molecule has 0 fully saturated rings. The maximum atomic E-state index is 13.9. The third-order valence-electron chi connectivity index (χ3n) is 3.64. The molecule has 0 aliphatic heterocycles. The molecule has 26 heavy (non-hydrogen) atoms. The molecule has 0 spiro atoms. The number of rotatable bonds is 9. The van der Waals surface area contributed by atoms with Crippen LogP contribution in [-0.4, -0.2) is 30.6 Å². The minimum atomic E-state index is -0.354. The summed E-state index contributed by atoms with van der Waals surface area (Å²) in [7, 11) is 0. The highest BCUT2D eigenvalue weighted by Gasteiger charge is 2.05. The Kier molecular flexibility index (Phi) is 8.34. The van der Waals surface area contributed by atoms with E-state index >= 15 is 0 Å². The van der Waals surface area contributed by atoms with Gasteiger partial charge in [-0.2, -0.15) is 0 Å². The van der Waals surface area contributed by atoms with Gasteiger partial charge in [0.05, 0.1) is 18.2 Å². The largest absolute Gasteiger partial charge is 0.491 e. The lowest BCUT2D eigenvalue weighted by molar-refractivity contribution is 0.321. The molecule has 0 radical (unpaired) electrons. The minimum absolute atomic E-state index is 0.278. The molecule has 1 heterocycles. The van der Waals surface area contributed by atoms with Gasteiger partial charge < -0.3 is 15.4 Å². The van der Waals surface area contributed by atoms with E-state index in [0.717, 1.165) is 36.5 Å². The monoisotopic (exact) mass is 378 g/mol. The average molecular weight is 379 g/mol. The minimum Gasteiger partial charge on any atom is -0.491 e. The predicted octanol–water partition coefficient (Wildman–Crippen LogP) is 3.54. The summed E-state index contributed by atoms with van der Waals surface area (Å²) in [5.41, 5.74) is 0.802. The van der Waals surface area contributed by atoms with Gasteiger partial charge in [-0.15, -0.1) is 11.3 Å². The Labute approximate surface area is 158 Å². The van der Waals surface area contributed by atoms with Crippen molar-refractivity contribution in [3.05, 3.63) is 45.7 Å². The van der Waals surface area contributed by atoms with Crippen LogP contribution in [0.5, 0.6) is 5.75 Å². The van der Waals surface area contributed by atoms with E-state index in [0.29, 0.717) is 19.1 Å². The number of aryl methyl sites for hydroxylation is 1. The van der Waals surface area contributed by atoms with Crippen molar-refractivity contribution < 1.29 is 9.13 Å². The molecule has 2 rings (SSSR count). The van der Waals surface area contributed by atoms with Crippen LogP contribution in [0.2, 0.25) is 0 Å². The Bertz CT molecular complexity index is 717. The number of benzene rings is 1. The average Bonchev–Trinajstić information content (AvgIpc) is 3.10. The van der Waals surface area contributed by atoms with E-state index < -0.39 is 0 Å². The molecule has 0 aliphatic rings. The molecule has 0 bridgehead atoms. The summed E-state index contributed by atoms with van der Waals surface area (Å²) in [6.45, 7) is 8.34. The van der Waals surface area contributed by atoms with Gasteiger partial charge in [0.25, 0.3) is 0 Å². The second kappa shape index (κ2) is 10.8. The zero-order valence-electron chi connectivity index (χ0n) is 15.6. The van der Waals surface area contributed by atoms with Crippen molar-refractivity contribution in [3.8, 4) is 5.75 Å².